The molecule has 4 atom stereocenters. The normalized spacial score (nSPS) is 12.7. The SMILES string of the molecule is COc1ccc(C[C@@H](C)N(C[C@H](O)c2ccc(O)c(NC=O)c2)N=O)cc1.COc1ccc(C[C@H](C)N(C[C@@H](O)c2ccc(O)c(NC=O)c2)N=O)cc1. The molecule has 0 aliphatic rings. The van der Waals surface area contributed by atoms with E-state index in [4.69, 9.17) is 9.47 Å². The molecule has 0 spiro atoms. The molecular formula is C38H46N6O10. The van der Waals surface area contributed by atoms with Gasteiger partial charge in [0.25, 0.3) is 0 Å². The summed E-state index contributed by atoms with van der Waals surface area (Å²) in [5.74, 6) is 1.27. The van der Waals surface area contributed by atoms with E-state index >= 15 is 0 Å². The lowest BCUT2D eigenvalue weighted by atomic mass is 10.0. The van der Waals surface area contributed by atoms with Crippen molar-refractivity contribution in [2.45, 2.75) is 51.0 Å². The molecule has 0 aliphatic carbocycles. The van der Waals surface area contributed by atoms with Crippen molar-refractivity contribution >= 4 is 24.2 Å². The smallest absolute Gasteiger partial charge is 0.211 e. The third kappa shape index (κ3) is 12.5. The van der Waals surface area contributed by atoms with Crippen LogP contribution in [0.15, 0.2) is 95.5 Å². The molecule has 0 bridgehead atoms. The van der Waals surface area contributed by atoms with Crippen molar-refractivity contribution in [1.29, 1.82) is 0 Å². The second-order valence-electron chi connectivity index (χ2n) is 12.3. The summed E-state index contributed by atoms with van der Waals surface area (Å²) < 4.78 is 10.2. The van der Waals surface area contributed by atoms with E-state index in [1.54, 1.807) is 14.2 Å². The third-order valence-corrected chi connectivity index (χ3v) is 8.57. The zero-order valence-electron chi connectivity index (χ0n) is 30.4. The van der Waals surface area contributed by atoms with Crippen LogP contribution in [0.2, 0.25) is 0 Å². The molecule has 0 radical (unpaired) electrons. The Balaban J connectivity index is 0.000000290. The Labute approximate surface area is 312 Å². The summed E-state index contributed by atoms with van der Waals surface area (Å²) in [6, 6.07) is 23.2. The van der Waals surface area contributed by atoms with E-state index in [9.17, 15) is 39.8 Å². The first-order chi connectivity index (χ1) is 26.0. The van der Waals surface area contributed by atoms with Gasteiger partial charge in [0, 0.05) is 0 Å². The molecule has 0 saturated carbocycles. The zero-order valence-corrected chi connectivity index (χ0v) is 30.4. The lowest BCUT2D eigenvalue weighted by Gasteiger charge is -2.26. The number of amides is 2. The number of carbonyl (C=O) groups excluding carboxylic acids is 2. The fourth-order valence-corrected chi connectivity index (χ4v) is 5.45. The lowest BCUT2D eigenvalue weighted by molar-refractivity contribution is -0.106. The predicted molar refractivity (Wildman–Crippen MR) is 203 cm³/mol. The largest absolute Gasteiger partial charge is 0.506 e. The topological polar surface area (TPSA) is 223 Å². The van der Waals surface area contributed by atoms with Gasteiger partial charge in [-0.1, -0.05) is 36.4 Å². The molecule has 0 unspecified atom stereocenters. The maximum atomic E-state index is 11.3. The number of nitrogens with one attached hydrogen (secondary N) is 2. The molecule has 54 heavy (non-hydrogen) atoms. The number of hydrogen-bond acceptors (Lipinski definition) is 12. The van der Waals surface area contributed by atoms with E-state index < -0.39 is 12.2 Å². The van der Waals surface area contributed by atoms with Crippen LogP contribution in [0.25, 0.3) is 0 Å². The molecule has 0 fully saturated rings. The fourth-order valence-electron chi connectivity index (χ4n) is 5.45. The number of ether oxygens (including phenoxy) is 2. The number of anilines is 2. The van der Waals surface area contributed by atoms with Gasteiger partial charge in [0.15, 0.2) is 0 Å². The molecule has 4 rings (SSSR count). The highest BCUT2D eigenvalue weighted by molar-refractivity contribution is 5.76. The van der Waals surface area contributed by atoms with E-state index in [-0.39, 0.29) is 48.0 Å². The molecule has 16 nitrogen and oxygen atoms in total. The van der Waals surface area contributed by atoms with Crippen LogP contribution in [0.1, 0.15) is 48.3 Å². The van der Waals surface area contributed by atoms with E-state index in [0.29, 0.717) is 36.8 Å². The maximum absolute atomic E-state index is 11.3. The highest BCUT2D eigenvalue weighted by Crippen LogP contribution is 2.29. The Hall–Kier alpha value is -6.26. The summed E-state index contributed by atoms with van der Waals surface area (Å²) in [5.41, 5.74) is 3.27. The van der Waals surface area contributed by atoms with Crippen LogP contribution in [0.4, 0.5) is 11.4 Å². The van der Waals surface area contributed by atoms with Gasteiger partial charge in [-0.3, -0.25) is 19.6 Å². The molecule has 0 aliphatic heterocycles. The molecule has 6 N–H and O–H groups in total. The van der Waals surface area contributed by atoms with Gasteiger partial charge in [0.1, 0.15) is 23.0 Å². The number of carbonyl (C=O) groups is 2. The van der Waals surface area contributed by atoms with E-state index in [0.717, 1.165) is 22.6 Å². The highest BCUT2D eigenvalue weighted by atomic mass is 16.5. The Morgan fingerprint density at radius 3 is 1.28 bits per heavy atom. The number of hydrogen-bond donors (Lipinski definition) is 6. The minimum Gasteiger partial charge on any atom is -0.506 e. The number of aliphatic hydroxyl groups excluding tert-OH is 2. The summed E-state index contributed by atoms with van der Waals surface area (Å²) >= 11 is 0. The van der Waals surface area contributed by atoms with Crippen LogP contribution in [0.5, 0.6) is 23.0 Å². The molecular weight excluding hydrogens is 700 g/mol. The van der Waals surface area contributed by atoms with Crippen molar-refractivity contribution < 1.29 is 39.5 Å². The van der Waals surface area contributed by atoms with Crippen LogP contribution in [0, 0.1) is 9.81 Å². The Morgan fingerprint density at radius 1 is 0.630 bits per heavy atom. The van der Waals surface area contributed by atoms with E-state index in [1.165, 1.54) is 46.4 Å². The molecule has 0 heterocycles. The van der Waals surface area contributed by atoms with E-state index in [1.807, 2.05) is 62.4 Å². The van der Waals surface area contributed by atoms with E-state index in [2.05, 4.69) is 21.2 Å². The van der Waals surface area contributed by atoms with Gasteiger partial charge in [-0.05, 0) is 97.5 Å². The van der Waals surface area contributed by atoms with Crippen molar-refractivity contribution in [1.82, 2.24) is 10.0 Å². The molecule has 0 saturated heterocycles. The van der Waals surface area contributed by atoms with Crippen LogP contribution >= 0.6 is 0 Å². The number of phenols is 2. The second-order valence-corrected chi connectivity index (χ2v) is 12.3. The maximum Gasteiger partial charge on any atom is 0.211 e. The number of phenolic OH excluding ortho intramolecular Hbond substituents is 2. The van der Waals surface area contributed by atoms with Gasteiger partial charge in [-0.2, -0.15) is 0 Å². The summed E-state index contributed by atoms with van der Waals surface area (Å²) in [4.78, 5) is 43.7. The number of nitroso groups, excluding NO2 is 2. The number of methoxy groups -OCH3 is 2. The second kappa shape index (κ2) is 21.3. The Kier molecular flexibility index (Phi) is 16.6. The summed E-state index contributed by atoms with van der Waals surface area (Å²) in [5, 5.41) is 53.5. The first kappa shape index (κ1) is 42.2. The number of nitrogens with zero attached hydrogens (tertiary/aromatic N) is 4. The standard InChI is InChI=1S/2C19H23N3O5/c2*1-13(9-14-3-6-16(27-2)7-4-14)22(21-26)11-19(25)15-5-8-18(24)17(10-15)20-12-23/h2*3-8,10,12-13,19,24-25H,9,11H2,1-2H3,(H,20,23)/t2*13-,19+/m10/s1. The average molecular weight is 747 g/mol. The van der Waals surface area contributed by atoms with Gasteiger partial charge >= 0.3 is 0 Å². The molecule has 4 aromatic carbocycles. The summed E-state index contributed by atoms with van der Waals surface area (Å²) in [6.45, 7) is 3.64. The first-order valence-corrected chi connectivity index (χ1v) is 16.8. The van der Waals surface area contributed by atoms with Crippen molar-refractivity contribution in [2.24, 2.45) is 10.6 Å². The van der Waals surface area contributed by atoms with Gasteiger partial charge in [0.2, 0.25) is 12.8 Å². The number of aliphatic hydroxyl groups is 2. The Bertz CT molecular complexity index is 1660. The van der Waals surface area contributed by atoms with Crippen molar-refractivity contribution in [3.8, 4) is 23.0 Å². The monoisotopic (exact) mass is 746 g/mol. The zero-order chi connectivity index (χ0) is 39.6. The summed E-state index contributed by atoms with van der Waals surface area (Å²) in [7, 11) is 3.19. The van der Waals surface area contributed by atoms with Gasteiger partial charge in [0.05, 0.1) is 73.5 Å². The van der Waals surface area contributed by atoms with Crippen LogP contribution in [-0.2, 0) is 22.4 Å². The highest BCUT2D eigenvalue weighted by Gasteiger charge is 2.21. The molecule has 2 amide bonds. The van der Waals surface area contributed by atoms with Crippen molar-refractivity contribution in [3.05, 3.63) is 117 Å². The number of benzene rings is 4. The van der Waals surface area contributed by atoms with Crippen molar-refractivity contribution in [2.75, 3.05) is 37.9 Å². The molecule has 0 aromatic heterocycles. The van der Waals surface area contributed by atoms with Crippen LogP contribution < -0.4 is 20.1 Å². The lowest BCUT2D eigenvalue weighted by Crippen LogP contribution is -2.33. The predicted octanol–water partition coefficient (Wildman–Crippen LogP) is 5.23. The van der Waals surface area contributed by atoms with Crippen molar-refractivity contribution in [3.63, 3.8) is 0 Å². The Morgan fingerprint density at radius 2 is 0.981 bits per heavy atom. The van der Waals surface area contributed by atoms with Crippen LogP contribution in [0.3, 0.4) is 0 Å². The van der Waals surface area contributed by atoms with Gasteiger partial charge < -0.3 is 40.5 Å². The third-order valence-electron chi connectivity index (χ3n) is 8.57. The molecule has 4 aromatic rings. The molecule has 16 heteroatoms. The fraction of sp³-hybridized carbons (Fsp3) is 0.316. The summed E-state index contributed by atoms with van der Waals surface area (Å²) in [6.07, 6.45) is -0.0444. The number of rotatable bonds is 20. The average Bonchev–Trinajstić information content (AvgIpc) is 3.18. The number of aromatic hydroxyl groups is 2. The first-order valence-electron chi connectivity index (χ1n) is 16.8. The minimum absolute atomic E-state index is 0.0217. The van der Waals surface area contributed by atoms with Crippen LogP contribution in [-0.4, -0.2) is 82.7 Å². The van der Waals surface area contributed by atoms with Gasteiger partial charge in [-0.15, -0.1) is 9.81 Å². The molecule has 288 valence electrons. The van der Waals surface area contributed by atoms with Gasteiger partial charge in [-0.25, -0.2) is 0 Å². The minimum atomic E-state index is -1.02. The quantitative estimate of drug-likeness (QED) is 0.0296.